The van der Waals surface area contributed by atoms with Crippen LogP contribution in [0.4, 0.5) is 11.7 Å². The number of nitrogen functional groups attached to an aromatic ring is 1. The Morgan fingerprint density at radius 3 is 3.17 bits per heavy atom. The largest absolute Gasteiger partial charge is 0.424 e. The molecule has 0 bridgehead atoms. The monoisotopic (exact) mass is 247 g/mol. The van der Waals surface area contributed by atoms with Crippen LogP contribution in [0.5, 0.6) is 0 Å². The van der Waals surface area contributed by atoms with Gasteiger partial charge in [0, 0.05) is 24.3 Å². The Morgan fingerprint density at radius 2 is 2.33 bits per heavy atom. The second-order valence-corrected chi connectivity index (χ2v) is 4.87. The number of nitrogens with one attached hydrogen (secondary N) is 1. The van der Waals surface area contributed by atoms with Gasteiger partial charge in [0.1, 0.15) is 5.52 Å². The van der Waals surface area contributed by atoms with Gasteiger partial charge in [0.2, 0.25) is 0 Å². The highest BCUT2D eigenvalue weighted by Crippen LogP contribution is 2.29. The highest BCUT2D eigenvalue weighted by atomic mass is 16.4. The Balaban J connectivity index is 1.82. The van der Waals surface area contributed by atoms with Gasteiger partial charge in [-0.05, 0) is 31.0 Å². The SMILES string of the molecule is Nc1ccc2oc(NC3CCCC3CO)nc2c1. The van der Waals surface area contributed by atoms with E-state index in [1.54, 1.807) is 12.1 Å². The van der Waals surface area contributed by atoms with E-state index in [1.165, 1.54) is 0 Å². The normalized spacial score (nSPS) is 23.6. The molecule has 5 nitrogen and oxygen atoms in total. The number of hydrogen-bond acceptors (Lipinski definition) is 5. The third kappa shape index (κ3) is 2.01. The van der Waals surface area contributed by atoms with Gasteiger partial charge in [-0.2, -0.15) is 4.98 Å². The molecule has 1 aromatic carbocycles. The van der Waals surface area contributed by atoms with Gasteiger partial charge in [-0.1, -0.05) is 6.42 Å². The molecule has 0 spiro atoms. The number of oxazole rings is 1. The number of rotatable bonds is 3. The van der Waals surface area contributed by atoms with Crippen LogP contribution in [0, 0.1) is 5.92 Å². The predicted octanol–water partition coefficient (Wildman–Crippen LogP) is 1.98. The van der Waals surface area contributed by atoms with E-state index in [0.29, 0.717) is 17.6 Å². The van der Waals surface area contributed by atoms with Gasteiger partial charge in [0.15, 0.2) is 5.58 Å². The lowest BCUT2D eigenvalue weighted by Gasteiger charge is -2.17. The van der Waals surface area contributed by atoms with E-state index in [-0.39, 0.29) is 12.6 Å². The minimum absolute atomic E-state index is 0.213. The Morgan fingerprint density at radius 1 is 1.44 bits per heavy atom. The molecule has 1 saturated carbocycles. The van der Waals surface area contributed by atoms with E-state index in [4.69, 9.17) is 10.2 Å². The molecule has 5 heteroatoms. The molecule has 1 aromatic heterocycles. The Hall–Kier alpha value is -1.75. The van der Waals surface area contributed by atoms with Crippen molar-refractivity contribution in [3.63, 3.8) is 0 Å². The van der Waals surface area contributed by atoms with Crippen molar-refractivity contribution < 1.29 is 9.52 Å². The first-order valence-electron chi connectivity index (χ1n) is 6.30. The number of aromatic nitrogens is 1. The maximum absolute atomic E-state index is 9.28. The molecule has 3 rings (SSSR count). The Kier molecular flexibility index (Phi) is 2.83. The fourth-order valence-electron chi connectivity index (χ4n) is 2.61. The van der Waals surface area contributed by atoms with Crippen LogP contribution in [0.3, 0.4) is 0 Å². The topological polar surface area (TPSA) is 84.3 Å². The van der Waals surface area contributed by atoms with Crippen LogP contribution in [0.15, 0.2) is 22.6 Å². The van der Waals surface area contributed by atoms with Gasteiger partial charge in [-0.15, -0.1) is 0 Å². The molecular weight excluding hydrogens is 230 g/mol. The third-order valence-electron chi connectivity index (χ3n) is 3.61. The zero-order chi connectivity index (χ0) is 12.5. The van der Waals surface area contributed by atoms with E-state index in [1.807, 2.05) is 6.07 Å². The van der Waals surface area contributed by atoms with Crippen molar-refractivity contribution in [2.75, 3.05) is 17.7 Å². The number of fused-ring (bicyclic) bond motifs is 1. The summed E-state index contributed by atoms with van der Waals surface area (Å²) in [7, 11) is 0. The van der Waals surface area contributed by atoms with Gasteiger partial charge >= 0.3 is 0 Å². The molecule has 0 amide bonds. The van der Waals surface area contributed by atoms with Crippen LogP contribution in [-0.2, 0) is 0 Å². The lowest BCUT2D eigenvalue weighted by Crippen LogP contribution is -2.26. The minimum atomic E-state index is 0.213. The molecular formula is C13H17N3O2. The van der Waals surface area contributed by atoms with Crippen LogP contribution < -0.4 is 11.1 Å². The minimum Gasteiger partial charge on any atom is -0.424 e. The number of nitrogens with zero attached hydrogens (tertiary/aromatic N) is 1. The lowest BCUT2D eigenvalue weighted by atomic mass is 10.1. The molecule has 0 aliphatic heterocycles. The quantitative estimate of drug-likeness (QED) is 0.722. The van der Waals surface area contributed by atoms with Gasteiger partial charge < -0.3 is 20.6 Å². The lowest BCUT2D eigenvalue weighted by molar-refractivity contribution is 0.222. The van der Waals surface area contributed by atoms with E-state index in [9.17, 15) is 5.11 Å². The maximum Gasteiger partial charge on any atom is 0.295 e. The van der Waals surface area contributed by atoms with E-state index in [2.05, 4.69) is 10.3 Å². The van der Waals surface area contributed by atoms with Crippen LogP contribution >= 0.6 is 0 Å². The molecule has 4 N–H and O–H groups in total. The highest BCUT2D eigenvalue weighted by molar-refractivity contribution is 5.78. The average Bonchev–Trinajstić information content (AvgIpc) is 2.94. The van der Waals surface area contributed by atoms with Crippen LogP contribution in [0.25, 0.3) is 11.1 Å². The summed E-state index contributed by atoms with van der Waals surface area (Å²) in [6, 6.07) is 6.17. The summed E-state index contributed by atoms with van der Waals surface area (Å²) in [4.78, 5) is 4.37. The van der Waals surface area contributed by atoms with Crippen molar-refractivity contribution in [1.29, 1.82) is 0 Å². The van der Waals surface area contributed by atoms with Gasteiger partial charge in [0.25, 0.3) is 6.01 Å². The fraction of sp³-hybridized carbons (Fsp3) is 0.462. The fourth-order valence-corrected chi connectivity index (χ4v) is 2.61. The molecule has 2 unspecified atom stereocenters. The smallest absolute Gasteiger partial charge is 0.295 e. The number of benzene rings is 1. The standard InChI is InChI=1S/C13H17N3O2/c14-9-4-5-12-11(6-9)16-13(18-12)15-10-3-1-2-8(10)7-17/h4-6,8,10,17H,1-3,7,14H2,(H,15,16). The first-order valence-corrected chi connectivity index (χ1v) is 6.30. The van der Waals surface area contributed by atoms with Crippen LogP contribution in [-0.4, -0.2) is 22.7 Å². The van der Waals surface area contributed by atoms with Gasteiger partial charge in [-0.3, -0.25) is 0 Å². The summed E-state index contributed by atoms with van der Waals surface area (Å²) in [5.41, 5.74) is 7.87. The molecule has 1 fully saturated rings. The van der Waals surface area contributed by atoms with E-state index in [0.717, 1.165) is 30.4 Å². The molecule has 18 heavy (non-hydrogen) atoms. The number of nitrogens with two attached hydrogens (primary N) is 1. The Bertz CT molecular complexity index is 552. The number of aliphatic hydroxyl groups is 1. The summed E-state index contributed by atoms with van der Waals surface area (Å²) in [5.74, 6) is 0.296. The van der Waals surface area contributed by atoms with Crippen molar-refractivity contribution >= 4 is 22.8 Å². The summed E-state index contributed by atoms with van der Waals surface area (Å²) in [5, 5.41) is 12.6. The van der Waals surface area contributed by atoms with Gasteiger partial charge in [-0.25, -0.2) is 0 Å². The van der Waals surface area contributed by atoms with E-state index < -0.39 is 0 Å². The van der Waals surface area contributed by atoms with Crippen molar-refractivity contribution in [3.05, 3.63) is 18.2 Å². The molecule has 0 saturated heterocycles. The van der Waals surface area contributed by atoms with Crippen LogP contribution in [0.2, 0.25) is 0 Å². The third-order valence-corrected chi connectivity index (χ3v) is 3.61. The zero-order valence-electron chi connectivity index (χ0n) is 10.1. The molecule has 1 heterocycles. The molecule has 2 aromatic rings. The van der Waals surface area contributed by atoms with Crippen molar-refractivity contribution in [2.45, 2.75) is 25.3 Å². The van der Waals surface area contributed by atoms with Crippen molar-refractivity contribution in [1.82, 2.24) is 4.98 Å². The summed E-state index contributed by atoms with van der Waals surface area (Å²) >= 11 is 0. The predicted molar refractivity (Wildman–Crippen MR) is 70.3 cm³/mol. The molecule has 1 aliphatic carbocycles. The van der Waals surface area contributed by atoms with E-state index >= 15 is 0 Å². The number of aliphatic hydroxyl groups excluding tert-OH is 1. The number of anilines is 2. The van der Waals surface area contributed by atoms with Crippen molar-refractivity contribution in [3.8, 4) is 0 Å². The number of hydrogen-bond donors (Lipinski definition) is 3. The maximum atomic E-state index is 9.28. The molecule has 1 aliphatic rings. The average molecular weight is 247 g/mol. The second kappa shape index (κ2) is 4.49. The molecule has 0 radical (unpaired) electrons. The summed E-state index contributed by atoms with van der Waals surface area (Å²) in [6.45, 7) is 0.213. The first kappa shape index (κ1) is 11.3. The molecule has 96 valence electrons. The summed E-state index contributed by atoms with van der Waals surface area (Å²) in [6.07, 6.45) is 3.24. The van der Waals surface area contributed by atoms with Crippen molar-refractivity contribution in [2.24, 2.45) is 5.92 Å². The van der Waals surface area contributed by atoms with Crippen LogP contribution in [0.1, 0.15) is 19.3 Å². The molecule has 2 atom stereocenters. The zero-order valence-corrected chi connectivity index (χ0v) is 10.1. The van der Waals surface area contributed by atoms with Gasteiger partial charge in [0.05, 0.1) is 0 Å². The second-order valence-electron chi connectivity index (χ2n) is 4.87. The summed E-state index contributed by atoms with van der Waals surface area (Å²) < 4.78 is 5.62. The first-order chi connectivity index (χ1) is 8.76. The Labute approximate surface area is 105 Å². The highest BCUT2D eigenvalue weighted by Gasteiger charge is 2.27.